The third kappa shape index (κ3) is 5.88. The van der Waals surface area contributed by atoms with Gasteiger partial charge in [-0.25, -0.2) is 0 Å². The first kappa shape index (κ1) is 24.0. The summed E-state index contributed by atoms with van der Waals surface area (Å²) >= 11 is 6.13. The van der Waals surface area contributed by atoms with Gasteiger partial charge in [0.05, 0.1) is 11.9 Å². The van der Waals surface area contributed by atoms with Crippen LogP contribution in [0.2, 0.25) is 5.02 Å². The summed E-state index contributed by atoms with van der Waals surface area (Å²) in [6.07, 6.45) is 2.31. The number of hydrogen-bond acceptors (Lipinski definition) is 5. The van der Waals surface area contributed by atoms with Crippen LogP contribution in [0.5, 0.6) is 11.5 Å². The van der Waals surface area contributed by atoms with Gasteiger partial charge in [-0.3, -0.25) is 9.59 Å². The summed E-state index contributed by atoms with van der Waals surface area (Å²) in [5, 5.41) is 10.8. The summed E-state index contributed by atoms with van der Waals surface area (Å²) < 4.78 is 7.29. The number of anilines is 2. The van der Waals surface area contributed by atoms with E-state index in [2.05, 4.69) is 15.7 Å². The quantitative estimate of drug-likeness (QED) is 0.324. The van der Waals surface area contributed by atoms with Crippen LogP contribution in [-0.4, -0.2) is 22.2 Å². The number of hydrogen-bond donors (Lipinski definition) is 2. The fraction of sp³-hybridized carbons (Fsp3) is 0.148. The Kier molecular flexibility index (Phi) is 7.48. The average molecular weight is 489 g/mol. The molecule has 0 spiro atoms. The van der Waals surface area contributed by atoms with E-state index in [9.17, 15) is 9.59 Å². The predicted molar refractivity (Wildman–Crippen MR) is 138 cm³/mol. The van der Waals surface area contributed by atoms with Crippen molar-refractivity contribution in [1.29, 1.82) is 0 Å². The standard InChI is InChI=1S/C27H25ClN4O3/c1-3-13-29-26(33)19-8-5-10-21(15-19)31-25-24(35-23-12-4-7-18(2)14-23)17-30-32(27(25)34)22-11-6-9-20(28)16-22/h4-12,14-17,31H,3,13H2,1-2H3,(H,29,33). The molecular weight excluding hydrogens is 464 g/mol. The van der Waals surface area contributed by atoms with E-state index < -0.39 is 5.56 Å². The molecule has 4 aromatic rings. The molecule has 1 aromatic heterocycles. The van der Waals surface area contributed by atoms with Crippen LogP contribution in [0.4, 0.5) is 11.4 Å². The Morgan fingerprint density at radius 1 is 1.06 bits per heavy atom. The molecule has 1 amide bonds. The van der Waals surface area contributed by atoms with Crippen molar-refractivity contribution in [1.82, 2.24) is 15.1 Å². The summed E-state index contributed by atoms with van der Waals surface area (Å²) in [6.45, 7) is 4.53. The van der Waals surface area contributed by atoms with Crippen LogP contribution in [-0.2, 0) is 0 Å². The van der Waals surface area contributed by atoms with Gasteiger partial charge in [0.25, 0.3) is 11.5 Å². The van der Waals surface area contributed by atoms with Crippen LogP contribution < -0.4 is 20.9 Å². The van der Waals surface area contributed by atoms with Gasteiger partial charge in [0, 0.05) is 22.8 Å². The van der Waals surface area contributed by atoms with E-state index in [1.54, 1.807) is 54.6 Å². The second-order valence-electron chi connectivity index (χ2n) is 7.96. The predicted octanol–water partition coefficient (Wildman–Crippen LogP) is 5.87. The minimum atomic E-state index is -0.432. The van der Waals surface area contributed by atoms with E-state index >= 15 is 0 Å². The lowest BCUT2D eigenvalue weighted by Crippen LogP contribution is -2.25. The number of rotatable bonds is 8. The van der Waals surface area contributed by atoms with Crippen molar-refractivity contribution in [3.63, 3.8) is 0 Å². The molecule has 0 saturated heterocycles. The number of aryl methyl sites for hydroxylation is 1. The fourth-order valence-electron chi connectivity index (χ4n) is 3.45. The molecule has 0 atom stereocenters. The zero-order valence-corrected chi connectivity index (χ0v) is 20.2. The van der Waals surface area contributed by atoms with Crippen LogP contribution in [0.3, 0.4) is 0 Å². The molecule has 0 bridgehead atoms. The van der Waals surface area contributed by atoms with E-state index in [1.165, 1.54) is 10.9 Å². The number of nitrogens with one attached hydrogen (secondary N) is 2. The van der Waals surface area contributed by atoms with Gasteiger partial charge < -0.3 is 15.4 Å². The van der Waals surface area contributed by atoms with E-state index in [4.69, 9.17) is 16.3 Å². The molecule has 4 rings (SSSR count). The van der Waals surface area contributed by atoms with Gasteiger partial charge in [0.15, 0.2) is 11.4 Å². The maximum Gasteiger partial charge on any atom is 0.299 e. The number of ether oxygens (including phenoxy) is 1. The van der Waals surface area contributed by atoms with E-state index in [-0.39, 0.29) is 17.3 Å². The van der Waals surface area contributed by atoms with Crippen molar-refractivity contribution < 1.29 is 9.53 Å². The van der Waals surface area contributed by atoms with Crippen molar-refractivity contribution in [2.45, 2.75) is 20.3 Å². The summed E-state index contributed by atoms with van der Waals surface area (Å²) in [5.74, 6) is 0.639. The van der Waals surface area contributed by atoms with Crippen molar-refractivity contribution in [3.05, 3.63) is 105 Å². The van der Waals surface area contributed by atoms with Crippen molar-refractivity contribution in [2.75, 3.05) is 11.9 Å². The van der Waals surface area contributed by atoms with Gasteiger partial charge >= 0.3 is 0 Å². The molecule has 0 fully saturated rings. The third-order valence-electron chi connectivity index (χ3n) is 5.14. The lowest BCUT2D eigenvalue weighted by atomic mass is 10.2. The van der Waals surface area contributed by atoms with Crippen molar-refractivity contribution in [2.24, 2.45) is 0 Å². The lowest BCUT2D eigenvalue weighted by molar-refractivity contribution is 0.0953. The topological polar surface area (TPSA) is 85.2 Å². The minimum Gasteiger partial charge on any atom is -0.453 e. The first-order valence-corrected chi connectivity index (χ1v) is 11.6. The van der Waals surface area contributed by atoms with Crippen molar-refractivity contribution >= 4 is 28.9 Å². The minimum absolute atomic E-state index is 0.174. The molecule has 3 aromatic carbocycles. The fourth-order valence-corrected chi connectivity index (χ4v) is 3.64. The van der Waals surface area contributed by atoms with E-state index in [0.29, 0.717) is 34.3 Å². The Hall–Kier alpha value is -4.10. The number of amides is 1. The molecule has 7 nitrogen and oxygen atoms in total. The highest BCUT2D eigenvalue weighted by atomic mass is 35.5. The molecule has 0 radical (unpaired) electrons. The maximum absolute atomic E-state index is 13.6. The molecule has 0 aliphatic carbocycles. The average Bonchev–Trinajstić information content (AvgIpc) is 2.85. The molecule has 35 heavy (non-hydrogen) atoms. The van der Waals surface area contributed by atoms with Gasteiger partial charge in [-0.05, 0) is 67.4 Å². The monoisotopic (exact) mass is 488 g/mol. The summed E-state index contributed by atoms with van der Waals surface area (Å²) in [4.78, 5) is 26.0. The zero-order valence-electron chi connectivity index (χ0n) is 19.4. The molecule has 0 unspecified atom stereocenters. The lowest BCUT2D eigenvalue weighted by Gasteiger charge is -2.15. The third-order valence-corrected chi connectivity index (χ3v) is 5.38. The van der Waals surface area contributed by atoms with Crippen LogP contribution in [0.25, 0.3) is 5.69 Å². The SMILES string of the molecule is CCCNC(=O)c1cccc(Nc2c(Oc3cccc(C)c3)cnn(-c3cccc(Cl)c3)c2=O)c1. The highest BCUT2D eigenvalue weighted by Gasteiger charge is 2.16. The van der Waals surface area contributed by atoms with Gasteiger partial charge in [-0.1, -0.05) is 42.8 Å². The van der Waals surface area contributed by atoms with Crippen LogP contribution >= 0.6 is 11.6 Å². The first-order chi connectivity index (χ1) is 16.9. The highest BCUT2D eigenvalue weighted by Crippen LogP contribution is 2.29. The first-order valence-electron chi connectivity index (χ1n) is 11.2. The number of carbonyl (C=O) groups excluding carboxylic acids is 1. The molecule has 0 aliphatic heterocycles. The molecule has 8 heteroatoms. The molecule has 178 valence electrons. The zero-order chi connectivity index (χ0) is 24.8. The molecule has 0 aliphatic rings. The summed E-state index contributed by atoms with van der Waals surface area (Å²) in [7, 11) is 0. The van der Waals surface area contributed by atoms with Gasteiger partial charge in [0.2, 0.25) is 0 Å². The number of benzene rings is 3. The molecule has 0 saturated carbocycles. The van der Waals surface area contributed by atoms with Gasteiger partial charge in [-0.15, -0.1) is 0 Å². The Labute approximate surface area is 208 Å². The van der Waals surface area contributed by atoms with Crippen LogP contribution in [0, 0.1) is 6.92 Å². The molecular formula is C27H25ClN4O3. The van der Waals surface area contributed by atoms with Crippen molar-refractivity contribution in [3.8, 4) is 17.2 Å². The van der Waals surface area contributed by atoms with Gasteiger partial charge in [0.1, 0.15) is 5.75 Å². The largest absolute Gasteiger partial charge is 0.453 e. The number of aromatic nitrogens is 2. The van der Waals surface area contributed by atoms with Gasteiger partial charge in [-0.2, -0.15) is 9.78 Å². The normalized spacial score (nSPS) is 10.6. The maximum atomic E-state index is 13.6. The Morgan fingerprint density at radius 2 is 1.86 bits per heavy atom. The van der Waals surface area contributed by atoms with Crippen LogP contribution in [0.1, 0.15) is 29.3 Å². The van der Waals surface area contributed by atoms with E-state index in [0.717, 1.165) is 12.0 Å². The second kappa shape index (κ2) is 10.9. The highest BCUT2D eigenvalue weighted by molar-refractivity contribution is 6.30. The number of halogens is 1. The van der Waals surface area contributed by atoms with E-state index in [1.807, 2.05) is 32.0 Å². The second-order valence-corrected chi connectivity index (χ2v) is 8.40. The summed E-state index contributed by atoms with van der Waals surface area (Å²) in [6, 6.07) is 21.3. The Morgan fingerprint density at radius 3 is 2.63 bits per heavy atom. The molecule has 2 N–H and O–H groups in total. The molecule has 1 heterocycles. The Bertz CT molecular complexity index is 1420. The van der Waals surface area contributed by atoms with Crippen LogP contribution in [0.15, 0.2) is 83.8 Å². The Balaban J connectivity index is 1.76. The smallest absolute Gasteiger partial charge is 0.299 e. The number of carbonyl (C=O) groups is 1. The summed E-state index contributed by atoms with van der Waals surface area (Å²) in [5.41, 5.74) is 2.31. The number of nitrogens with zero attached hydrogens (tertiary/aromatic N) is 2.